The van der Waals surface area contributed by atoms with Gasteiger partial charge in [-0.15, -0.1) is 0 Å². The molecule has 2 nitrogen and oxygen atoms in total. The first-order chi connectivity index (χ1) is 15.7. The van der Waals surface area contributed by atoms with Crippen molar-refractivity contribution < 1.29 is 9.59 Å². The van der Waals surface area contributed by atoms with Gasteiger partial charge in [0.1, 0.15) is 22.1 Å². The van der Waals surface area contributed by atoms with E-state index < -0.39 is 9.49 Å². The normalized spacial score (nSPS) is 11.6. The summed E-state index contributed by atoms with van der Waals surface area (Å²) in [7, 11) is 2.83. The lowest BCUT2D eigenvalue weighted by Gasteiger charge is -2.34. The zero-order valence-corrected chi connectivity index (χ0v) is 19.0. The second kappa shape index (κ2) is 10.0. The van der Waals surface area contributed by atoms with E-state index in [4.69, 9.17) is 0 Å². The van der Waals surface area contributed by atoms with Crippen LogP contribution in [0.2, 0.25) is 0 Å². The van der Waals surface area contributed by atoms with Gasteiger partial charge >= 0.3 is 0 Å². The van der Waals surface area contributed by atoms with Gasteiger partial charge in [0.2, 0.25) is 0 Å². The molecule has 0 N–H and O–H groups in total. The minimum Gasteiger partial charge on any atom is -0.301 e. The van der Waals surface area contributed by atoms with Crippen molar-refractivity contribution in [2.24, 2.45) is 0 Å². The molecule has 4 heteroatoms. The van der Waals surface area contributed by atoms with Crippen LogP contribution in [0.1, 0.15) is 22.3 Å². The smallest absolute Gasteiger partial charge is 0.145 e. The Labute approximate surface area is 196 Å². The van der Waals surface area contributed by atoms with Crippen LogP contribution in [0.25, 0.3) is 0 Å². The second-order valence-electron chi connectivity index (χ2n) is 7.34. The molecule has 32 heavy (non-hydrogen) atoms. The van der Waals surface area contributed by atoms with Crippen LogP contribution >= 0.6 is 21.6 Å². The predicted octanol–water partition coefficient (Wildman–Crippen LogP) is 6.65. The third-order valence-electron chi connectivity index (χ3n) is 5.45. The summed E-state index contributed by atoms with van der Waals surface area (Å²) in [5.74, 6) is 0. The van der Waals surface area contributed by atoms with E-state index in [0.29, 0.717) is 0 Å². The number of aldehydes is 2. The van der Waals surface area contributed by atoms with Crippen LogP contribution in [0.3, 0.4) is 0 Å². The second-order valence-corrected chi connectivity index (χ2v) is 9.96. The van der Waals surface area contributed by atoms with Gasteiger partial charge in [-0.1, -0.05) is 143 Å². The van der Waals surface area contributed by atoms with Crippen molar-refractivity contribution in [3.63, 3.8) is 0 Å². The monoisotopic (exact) mass is 454 g/mol. The molecule has 4 aromatic carbocycles. The molecule has 158 valence electrons. The summed E-state index contributed by atoms with van der Waals surface area (Å²) in [6.07, 6.45) is 1.97. The molecule has 0 saturated heterocycles. The topological polar surface area (TPSA) is 34.1 Å². The van der Waals surface area contributed by atoms with Gasteiger partial charge in [0.15, 0.2) is 0 Å². The van der Waals surface area contributed by atoms with Crippen molar-refractivity contribution in [2.75, 3.05) is 0 Å². The van der Waals surface area contributed by atoms with Gasteiger partial charge in [-0.25, -0.2) is 0 Å². The molecule has 0 aliphatic carbocycles. The molecule has 0 spiro atoms. The van der Waals surface area contributed by atoms with Crippen molar-refractivity contribution in [2.45, 2.75) is 9.49 Å². The maximum Gasteiger partial charge on any atom is 0.145 e. The molecule has 0 aromatic heterocycles. The summed E-state index contributed by atoms with van der Waals surface area (Å²) in [5, 5.41) is 0. The highest BCUT2D eigenvalue weighted by Crippen LogP contribution is 2.56. The number of carbonyl (C=O) groups excluding carboxylic acids is 2. The van der Waals surface area contributed by atoms with Crippen molar-refractivity contribution in [1.82, 2.24) is 0 Å². The van der Waals surface area contributed by atoms with Crippen LogP contribution in [0.15, 0.2) is 121 Å². The minimum atomic E-state index is -0.967. The lowest BCUT2D eigenvalue weighted by Crippen LogP contribution is -2.29. The molecule has 4 aromatic rings. The minimum absolute atomic E-state index is 0.875. The largest absolute Gasteiger partial charge is 0.301 e. The molecule has 0 radical (unpaired) electrons. The van der Waals surface area contributed by atoms with Crippen LogP contribution < -0.4 is 0 Å². The maximum atomic E-state index is 12.8. The summed E-state index contributed by atoms with van der Waals surface area (Å²) in [4.78, 5) is 25.6. The van der Waals surface area contributed by atoms with E-state index in [1.54, 1.807) is 0 Å². The van der Waals surface area contributed by atoms with Crippen LogP contribution in [0.4, 0.5) is 0 Å². The lowest BCUT2D eigenvalue weighted by molar-refractivity contribution is -0.110. The molecule has 4 rings (SSSR count). The fourth-order valence-corrected chi connectivity index (χ4v) is 7.16. The average molecular weight is 455 g/mol. The SMILES string of the molecule is O=CC(SSC(C=O)(c1ccccc1)c1ccccc1)(c1ccccc1)c1ccccc1. The van der Waals surface area contributed by atoms with E-state index in [0.717, 1.165) is 34.8 Å². The molecule has 0 bridgehead atoms. The van der Waals surface area contributed by atoms with E-state index in [1.165, 1.54) is 21.6 Å². The van der Waals surface area contributed by atoms with Crippen molar-refractivity contribution in [1.29, 1.82) is 0 Å². The number of benzene rings is 4. The molecule has 0 unspecified atom stereocenters. The molecule has 0 aliphatic rings. The molecule has 0 heterocycles. The summed E-state index contributed by atoms with van der Waals surface area (Å²) < 4.78 is -1.93. The highest BCUT2D eigenvalue weighted by molar-refractivity contribution is 8.77. The predicted molar refractivity (Wildman–Crippen MR) is 135 cm³/mol. The van der Waals surface area contributed by atoms with E-state index in [9.17, 15) is 9.59 Å². The van der Waals surface area contributed by atoms with Crippen molar-refractivity contribution >= 4 is 34.2 Å². The molecule has 0 saturated carbocycles. The third kappa shape index (κ3) is 4.16. The number of carbonyl (C=O) groups is 2. The molecule has 0 aliphatic heterocycles. The Morgan fingerprint density at radius 2 is 0.625 bits per heavy atom. The zero-order chi connectivity index (χ0) is 22.3. The standard InChI is InChI=1S/C28H22O2S2/c29-21-27(23-13-5-1-6-14-23,24-15-7-2-8-16-24)31-32-28(22-30,25-17-9-3-10-18-25)26-19-11-4-12-20-26/h1-22H. The first-order valence-electron chi connectivity index (χ1n) is 10.3. The Kier molecular flexibility index (Phi) is 6.93. The Hall–Kier alpha value is -3.08. The molecule has 0 fully saturated rings. The Balaban J connectivity index is 1.85. The molecular weight excluding hydrogens is 432 g/mol. The summed E-state index contributed by atoms with van der Waals surface area (Å²) in [6, 6.07) is 38.9. The van der Waals surface area contributed by atoms with Gasteiger partial charge in [0, 0.05) is 0 Å². The Bertz CT molecular complexity index is 973. The van der Waals surface area contributed by atoms with Crippen LogP contribution in [-0.2, 0) is 19.1 Å². The number of rotatable bonds is 9. The van der Waals surface area contributed by atoms with Crippen LogP contribution in [0.5, 0.6) is 0 Å². The van der Waals surface area contributed by atoms with Crippen LogP contribution in [0, 0.1) is 0 Å². The first kappa shape index (κ1) is 22.1. The zero-order valence-electron chi connectivity index (χ0n) is 17.3. The van der Waals surface area contributed by atoms with Gasteiger partial charge < -0.3 is 9.59 Å². The Morgan fingerprint density at radius 1 is 0.406 bits per heavy atom. The quantitative estimate of drug-likeness (QED) is 0.209. The van der Waals surface area contributed by atoms with Gasteiger partial charge in [-0.05, 0) is 22.3 Å². The van der Waals surface area contributed by atoms with Gasteiger partial charge in [-0.3, -0.25) is 0 Å². The maximum absolute atomic E-state index is 12.8. The van der Waals surface area contributed by atoms with E-state index >= 15 is 0 Å². The average Bonchev–Trinajstić information content (AvgIpc) is 2.89. The summed E-state index contributed by atoms with van der Waals surface area (Å²) in [6.45, 7) is 0. The number of hydrogen-bond acceptors (Lipinski definition) is 4. The molecule has 0 atom stereocenters. The molecular formula is C28H22O2S2. The fourth-order valence-electron chi connectivity index (χ4n) is 3.71. The highest BCUT2D eigenvalue weighted by atomic mass is 33.1. The summed E-state index contributed by atoms with van der Waals surface area (Å²) in [5.41, 5.74) is 3.50. The lowest BCUT2D eigenvalue weighted by atomic mass is 9.91. The fraction of sp³-hybridized carbons (Fsp3) is 0.0714. The van der Waals surface area contributed by atoms with Crippen molar-refractivity contribution in [3.05, 3.63) is 144 Å². The van der Waals surface area contributed by atoms with Crippen LogP contribution in [-0.4, -0.2) is 12.6 Å². The third-order valence-corrected chi connectivity index (χ3v) is 9.02. The van der Waals surface area contributed by atoms with Crippen molar-refractivity contribution in [3.8, 4) is 0 Å². The van der Waals surface area contributed by atoms with E-state index in [-0.39, 0.29) is 0 Å². The molecule has 0 amide bonds. The van der Waals surface area contributed by atoms with E-state index in [2.05, 4.69) is 0 Å². The van der Waals surface area contributed by atoms with Gasteiger partial charge in [0.25, 0.3) is 0 Å². The van der Waals surface area contributed by atoms with Gasteiger partial charge in [-0.2, -0.15) is 0 Å². The van der Waals surface area contributed by atoms with E-state index in [1.807, 2.05) is 121 Å². The summed E-state index contributed by atoms with van der Waals surface area (Å²) >= 11 is 0. The Morgan fingerprint density at radius 3 is 0.812 bits per heavy atom. The number of hydrogen-bond donors (Lipinski definition) is 0. The highest BCUT2D eigenvalue weighted by Gasteiger charge is 2.42. The first-order valence-corrected chi connectivity index (χ1v) is 12.4. The van der Waals surface area contributed by atoms with Gasteiger partial charge in [0.05, 0.1) is 0 Å².